The maximum atomic E-state index is 11.1. The number of hydrogen-bond donors (Lipinski definition) is 0. The monoisotopic (exact) mass is 168 g/mol. The lowest BCUT2D eigenvalue weighted by Crippen LogP contribution is -2.05. The van der Waals surface area contributed by atoms with Gasteiger partial charge in [-0.2, -0.15) is 0 Å². The summed E-state index contributed by atoms with van der Waals surface area (Å²) in [4.78, 5) is 15.0. The number of nitrogens with zero attached hydrogens (tertiary/aromatic N) is 2. The third kappa shape index (κ3) is 2.08. The molecule has 0 saturated heterocycles. The van der Waals surface area contributed by atoms with Gasteiger partial charge in [-0.05, 0) is 6.42 Å². The van der Waals surface area contributed by atoms with Crippen LogP contribution in [0, 0.1) is 0 Å². The first-order chi connectivity index (χ1) is 5.74. The highest BCUT2D eigenvalue weighted by Crippen LogP contribution is 1.97. The van der Waals surface area contributed by atoms with E-state index in [4.69, 9.17) is 4.74 Å². The van der Waals surface area contributed by atoms with Crippen molar-refractivity contribution in [1.29, 1.82) is 0 Å². The largest absolute Gasteiger partial charge is 0.461 e. The maximum Gasteiger partial charge on any atom is 0.358 e. The highest BCUT2D eigenvalue weighted by atomic mass is 16.5. The highest BCUT2D eigenvalue weighted by molar-refractivity contribution is 5.86. The summed E-state index contributed by atoms with van der Waals surface area (Å²) in [7, 11) is 1.81. The smallest absolute Gasteiger partial charge is 0.358 e. The summed E-state index contributed by atoms with van der Waals surface area (Å²) in [6.07, 6.45) is 4.04. The average Bonchev–Trinajstić information content (AvgIpc) is 2.47. The predicted molar refractivity (Wildman–Crippen MR) is 43.8 cm³/mol. The Morgan fingerprint density at radius 3 is 3.00 bits per heavy atom. The van der Waals surface area contributed by atoms with E-state index in [-0.39, 0.29) is 5.97 Å². The van der Waals surface area contributed by atoms with Gasteiger partial charge < -0.3 is 9.30 Å². The van der Waals surface area contributed by atoms with Crippen molar-refractivity contribution in [2.24, 2.45) is 7.05 Å². The Kier molecular flexibility index (Phi) is 2.85. The van der Waals surface area contributed by atoms with Crippen molar-refractivity contribution >= 4 is 5.97 Å². The van der Waals surface area contributed by atoms with Crippen LogP contribution in [0.25, 0.3) is 0 Å². The van der Waals surface area contributed by atoms with E-state index in [0.717, 1.165) is 6.42 Å². The predicted octanol–water partition coefficient (Wildman–Crippen LogP) is 0.987. The van der Waals surface area contributed by atoms with Crippen LogP contribution in [0.5, 0.6) is 0 Å². The molecule has 0 saturated carbocycles. The summed E-state index contributed by atoms with van der Waals surface area (Å²) in [5.41, 5.74) is 0.367. The molecule has 0 N–H and O–H groups in total. The first-order valence-electron chi connectivity index (χ1n) is 3.89. The summed E-state index contributed by atoms with van der Waals surface area (Å²) in [6, 6.07) is 0. The zero-order chi connectivity index (χ0) is 8.97. The minimum atomic E-state index is -0.350. The molecule has 0 spiro atoms. The van der Waals surface area contributed by atoms with Crippen LogP contribution in [-0.4, -0.2) is 22.1 Å². The molecule has 1 aromatic rings. The zero-order valence-electron chi connectivity index (χ0n) is 7.28. The maximum absolute atomic E-state index is 11.1. The second-order valence-electron chi connectivity index (χ2n) is 2.56. The Morgan fingerprint density at radius 2 is 2.50 bits per heavy atom. The fraction of sp³-hybridized carbons (Fsp3) is 0.500. The molecule has 0 aliphatic heterocycles. The second-order valence-corrected chi connectivity index (χ2v) is 2.56. The quantitative estimate of drug-likeness (QED) is 0.632. The normalized spacial score (nSPS) is 9.83. The van der Waals surface area contributed by atoms with Crippen LogP contribution in [0.15, 0.2) is 12.5 Å². The molecule has 0 fully saturated rings. The fourth-order valence-electron chi connectivity index (χ4n) is 0.787. The molecule has 0 aromatic carbocycles. The molecule has 4 nitrogen and oxygen atoms in total. The lowest BCUT2D eigenvalue weighted by Gasteiger charge is -1.98. The van der Waals surface area contributed by atoms with Crippen molar-refractivity contribution in [3.05, 3.63) is 18.2 Å². The fourth-order valence-corrected chi connectivity index (χ4v) is 0.787. The van der Waals surface area contributed by atoms with E-state index in [1.165, 1.54) is 0 Å². The third-order valence-electron chi connectivity index (χ3n) is 1.35. The molecule has 66 valence electrons. The number of carbonyl (C=O) groups excluding carboxylic acids is 1. The Balaban J connectivity index is 2.53. The van der Waals surface area contributed by atoms with Crippen LogP contribution < -0.4 is 0 Å². The Hall–Kier alpha value is -1.32. The van der Waals surface area contributed by atoms with Gasteiger partial charge in [-0.3, -0.25) is 0 Å². The lowest BCUT2D eigenvalue weighted by atomic mass is 10.5. The van der Waals surface area contributed by atoms with Crippen molar-refractivity contribution in [3.63, 3.8) is 0 Å². The first-order valence-corrected chi connectivity index (χ1v) is 3.89. The Morgan fingerprint density at radius 1 is 1.75 bits per heavy atom. The van der Waals surface area contributed by atoms with Gasteiger partial charge in [-0.25, -0.2) is 9.78 Å². The van der Waals surface area contributed by atoms with Crippen molar-refractivity contribution in [1.82, 2.24) is 9.55 Å². The number of esters is 1. The van der Waals surface area contributed by atoms with E-state index in [0.29, 0.717) is 12.3 Å². The molecule has 0 atom stereocenters. The number of hydrogen-bond acceptors (Lipinski definition) is 3. The molecule has 0 amide bonds. The number of aromatic nitrogens is 2. The van der Waals surface area contributed by atoms with E-state index in [1.54, 1.807) is 17.1 Å². The summed E-state index contributed by atoms with van der Waals surface area (Å²) in [5.74, 6) is -0.350. The number of aryl methyl sites for hydroxylation is 1. The van der Waals surface area contributed by atoms with E-state index >= 15 is 0 Å². The molecule has 0 bridgehead atoms. The number of carbonyl (C=O) groups is 1. The minimum absolute atomic E-state index is 0.350. The van der Waals surface area contributed by atoms with Crippen LogP contribution in [0.3, 0.4) is 0 Å². The van der Waals surface area contributed by atoms with E-state index < -0.39 is 0 Å². The molecule has 0 aliphatic rings. The van der Waals surface area contributed by atoms with Gasteiger partial charge in [-0.1, -0.05) is 6.92 Å². The number of rotatable bonds is 3. The van der Waals surface area contributed by atoms with Crippen LogP contribution in [0.2, 0.25) is 0 Å². The zero-order valence-corrected chi connectivity index (χ0v) is 7.28. The van der Waals surface area contributed by atoms with E-state index in [1.807, 2.05) is 14.0 Å². The molecule has 1 rings (SSSR count). The van der Waals surface area contributed by atoms with Gasteiger partial charge in [0, 0.05) is 13.2 Å². The van der Waals surface area contributed by atoms with Gasteiger partial charge in [0.15, 0.2) is 5.69 Å². The van der Waals surface area contributed by atoms with Crippen LogP contribution >= 0.6 is 0 Å². The van der Waals surface area contributed by atoms with Crippen molar-refractivity contribution in [3.8, 4) is 0 Å². The second kappa shape index (κ2) is 3.90. The summed E-state index contributed by atoms with van der Waals surface area (Å²) >= 11 is 0. The van der Waals surface area contributed by atoms with Gasteiger partial charge in [0.2, 0.25) is 0 Å². The van der Waals surface area contributed by atoms with Gasteiger partial charge in [0.1, 0.15) is 0 Å². The lowest BCUT2D eigenvalue weighted by molar-refractivity contribution is 0.0498. The Labute approximate surface area is 71.2 Å². The van der Waals surface area contributed by atoms with Crippen LogP contribution in [0.4, 0.5) is 0 Å². The minimum Gasteiger partial charge on any atom is -0.461 e. The van der Waals surface area contributed by atoms with Gasteiger partial charge in [-0.15, -0.1) is 0 Å². The third-order valence-corrected chi connectivity index (χ3v) is 1.35. The molecule has 1 heterocycles. The van der Waals surface area contributed by atoms with Crippen molar-refractivity contribution in [2.45, 2.75) is 13.3 Å². The van der Waals surface area contributed by atoms with E-state index in [2.05, 4.69) is 4.98 Å². The van der Waals surface area contributed by atoms with Crippen LogP contribution in [0.1, 0.15) is 23.8 Å². The summed E-state index contributed by atoms with van der Waals surface area (Å²) in [6.45, 7) is 2.40. The van der Waals surface area contributed by atoms with Gasteiger partial charge in [0.25, 0.3) is 0 Å². The average molecular weight is 168 g/mol. The molecular weight excluding hydrogens is 156 g/mol. The number of ether oxygens (including phenoxy) is 1. The van der Waals surface area contributed by atoms with Crippen molar-refractivity contribution in [2.75, 3.05) is 6.61 Å². The molecule has 0 unspecified atom stereocenters. The Bertz CT molecular complexity index is 268. The molecule has 1 aromatic heterocycles. The van der Waals surface area contributed by atoms with E-state index in [9.17, 15) is 4.79 Å². The molecule has 12 heavy (non-hydrogen) atoms. The number of imidazole rings is 1. The summed E-state index contributed by atoms with van der Waals surface area (Å²) in [5, 5.41) is 0. The molecule has 0 aliphatic carbocycles. The van der Waals surface area contributed by atoms with Gasteiger partial charge >= 0.3 is 5.97 Å². The summed E-state index contributed by atoms with van der Waals surface area (Å²) < 4.78 is 6.59. The molecular formula is C8H12N2O2. The SMILES string of the molecule is CCCOC(=O)c1cn(C)cn1. The molecule has 4 heteroatoms. The van der Waals surface area contributed by atoms with Crippen molar-refractivity contribution < 1.29 is 9.53 Å². The van der Waals surface area contributed by atoms with Crippen LogP contribution in [-0.2, 0) is 11.8 Å². The highest BCUT2D eigenvalue weighted by Gasteiger charge is 2.08. The first kappa shape index (κ1) is 8.77. The molecule has 0 radical (unpaired) electrons. The standard InChI is InChI=1S/C8H12N2O2/c1-3-4-12-8(11)7-5-10(2)6-9-7/h5-6H,3-4H2,1-2H3. The van der Waals surface area contributed by atoms with Gasteiger partial charge in [0.05, 0.1) is 12.9 Å². The topological polar surface area (TPSA) is 44.1 Å².